The molecule has 0 bridgehead atoms. The van der Waals surface area contributed by atoms with Crippen molar-refractivity contribution in [2.45, 2.75) is 0 Å². The minimum absolute atomic E-state index is 0.0158. The van der Waals surface area contributed by atoms with Crippen LogP contribution < -0.4 is 10.3 Å². The number of likely N-dealkylation sites (tertiary alicyclic amines) is 1. The molecule has 0 radical (unpaired) electrons. The number of aromatic nitrogens is 1. The van der Waals surface area contributed by atoms with Crippen LogP contribution in [0.25, 0.3) is 0 Å². The van der Waals surface area contributed by atoms with E-state index >= 15 is 0 Å². The molecule has 128 valence electrons. The normalized spacial score (nSPS) is 17.8. The summed E-state index contributed by atoms with van der Waals surface area (Å²) in [6, 6.07) is 1.27. The molecule has 0 aliphatic carbocycles. The summed E-state index contributed by atoms with van der Waals surface area (Å²) in [6.45, 7) is 0.860. The van der Waals surface area contributed by atoms with Crippen molar-refractivity contribution in [1.29, 1.82) is 0 Å². The van der Waals surface area contributed by atoms with E-state index in [0.29, 0.717) is 18.7 Å². The number of pyridine rings is 1. The molecule has 0 aromatic carbocycles. The summed E-state index contributed by atoms with van der Waals surface area (Å²) in [5, 5.41) is 0. The van der Waals surface area contributed by atoms with Crippen LogP contribution in [0, 0.1) is 5.92 Å². The maximum atomic E-state index is 12.5. The first kappa shape index (κ1) is 16.0. The Morgan fingerprint density at radius 3 is 2.62 bits per heavy atom. The highest BCUT2D eigenvalue weighted by atomic mass is 16.6. The Kier molecular flexibility index (Phi) is 4.00. The van der Waals surface area contributed by atoms with Gasteiger partial charge in [0.1, 0.15) is 5.75 Å². The van der Waals surface area contributed by atoms with Crippen LogP contribution in [0.3, 0.4) is 0 Å². The fraction of sp³-hybridized carbons (Fsp3) is 0.467. The Bertz CT molecular complexity index is 749. The molecule has 0 spiro atoms. The molecule has 2 aliphatic heterocycles. The maximum Gasteiger partial charge on any atom is 0.417 e. The Labute approximate surface area is 137 Å². The van der Waals surface area contributed by atoms with Crippen molar-refractivity contribution in [1.82, 2.24) is 14.4 Å². The number of rotatable bonds is 4. The van der Waals surface area contributed by atoms with E-state index < -0.39 is 6.09 Å². The van der Waals surface area contributed by atoms with Crippen LogP contribution in [0.1, 0.15) is 10.4 Å². The number of nitrogens with zero attached hydrogens (tertiary/aromatic N) is 3. The monoisotopic (exact) mass is 335 g/mol. The van der Waals surface area contributed by atoms with Crippen LogP contribution in [0.5, 0.6) is 5.75 Å². The SMILES string of the molecule is COc1cc(=O)n(C)cc1C(=O)N1CC(CN2C(=O)COC2=O)C1. The highest BCUT2D eigenvalue weighted by Crippen LogP contribution is 2.24. The summed E-state index contributed by atoms with van der Waals surface area (Å²) < 4.78 is 11.1. The number of cyclic esters (lactones) is 1. The highest BCUT2D eigenvalue weighted by Gasteiger charge is 2.39. The summed E-state index contributed by atoms with van der Waals surface area (Å²) in [5.41, 5.74) is 0.0330. The second-order valence-electron chi connectivity index (χ2n) is 5.84. The van der Waals surface area contributed by atoms with Gasteiger partial charge >= 0.3 is 6.09 Å². The Morgan fingerprint density at radius 2 is 2.04 bits per heavy atom. The third-order valence-corrected chi connectivity index (χ3v) is 4.17. The van der Waals surface area contributed by atoms with Crippen LogP contribution in [0.2, 0.25) is 0 Å². The van der Waals surface area contributed by atoms with Crippen molar-refractivity contribution in [2.75, 3.05) is 33.4 Å². The van der Waals surface area contributed by atoms with Crippen molar-refractivity contribution in [2.24, 2.45) is 13.0 Å². The van der Waals surface area contributed by atoms with Gasteiger partial charge < -0.3 is 18.9 Å². The molecule has 24 heavy (non-hydrogen) atoms. The van der Waals surface area contributed by atoms with E-state index in [9.17, 15) is 19.2 Å². The molecule has 2 saturated heterocycles. The van der Waals surface area contributed by atoms with Gasteiger partial charge in [-0.15, -0.1) is 0 Å². The highest BCUT2D eigenvalue weighted by molar-refractivity contribution is 5.98. The zero-order valence-corrected chi connectivity index (χ0v) is 13.4. The zero-order valence-electron chi connectivity index (χ0n) is 13.4. The summed E-state index contributed by atoms with van der Waals surface area (Å²) in [4.78, 5) is 49.7. The van der Waals surface area contributed by atoms with E-state index in [4.69, 9.17) is 4.74 Å². The van der Waals surface area contributed by atoms with E-state index in [2.05, 4.69) is 4.74 Å². The third-order valence-electron chi connectivity index (χ3n) is 4.17. The lowest BCUT2D eigenvalue weighted by Crippen LogP contribution is -2.54. The first-order valence-electron chi connectivity index (χ1n) is 7.41. The number of hydrogen-bond acceptors (Lipinski definition) is 6. The molecular formula is C15H17N3O6. The molecule has 9 heteroatoms. The topological polar surface area (TPSA) is 98.2 Å². The van der Waals surface area contributed by atoms with Gasteiger partial charge in [0, 0.05) is 44.9 Å². The Hall–Kier alpha value is -2.84. The van der Waals surface area contributed by atoms with Crippen molar-refractivity contribution in [3.63, 3.8) is 0 Å². The third kappa shape index (κ3) is 2.72. The van der Waals surface area contributed by atoms with E-state index in [1.165, 1.54) is 23.9 Å². The fourth-order valence-electron chi connectivity index (χ4n) is 2.78. The van der Waals surface area contributed by atoms with Crippen molar-refractivity contribution in [3.05, 3.63) is 28.2 Å². The van der Waals surface area contributed by atoms with Crippen LogP contribution >= 0.6 is 0 Å². The van der Waals surface area contributed by atoms with E-state index in [1.54, 1.807) is 11.9 Å². The number of methoxy groups -OCH3 is 1. The standard InChI is InChI=1S/C15H17N3O6/c1-16-7-10(11(23-2)3-12(16)19)14(21)17-4-9(5-17)6-18-13(20)8-24-15(18)22/h3,7,9H,4-6,8H2,1-2H3. The molecule has 3 heterocycles. The molecule has 3 amide bonds. The number of amides is 3. The second kappa shape index (κ2) is 5.99. The van der Waals surface area contributed by atoms with Gasteiger partial charge in [0.15, 0.2) is 6.61 Å². The molecule has 2 aliphatic rings. The Balaban J connectivity index is 1.65. The molecule has 0 saturated carbocycles. The van der Waals surface area contributed by atoms with Crippen LogP contribution in [0.15, 0.2) is 17.1 Å². The van der Waals surface area contributed by atoms with Crippen molar-refractivity contribution < 1.29 is 23.9 Å². The molecule has 1 aromatic heterocycles. The molecule has 0 N–H and O–H groups in total. The van der Waals surface area contributed by atoms with Gasteiger partial charge in [0.25, 0.3) is 17.4 Å². The van der Waals surface area contributed by atoms with Crippen LogP contribution in [-0.2, 0) is 16.6 Å². The number of carbonyl (C=O) groups excluding carboxylic acids is 3. The van der Waals surface area contributed by atoms with Gasteiger partial charge in [-0.3, -0.25) is 14.4 Å². The minimum atomic E-state index is -0.635. The van der Waals surface area contributed by atoms with Gasteiger partial charge in [-0.1, -0.05) is 0 Å². The number of imide groups is 1. The number of aryl methyl sites for hydroxylation is 1. The summed E-state index contributed by atoms with van der Waals surface area (Å²) in [6.07, 6.45) is 0.808. The lowest BCUT2D eigenvalue weighted by atomic mass is 9.98. The van der Waals surface area contributed by atoms with E-state index in [0.717, 1.165) is 4.90 Å². The van der Waals surface area contributed by atoms with Gasteiger partial charge in [0.05, 0.1) is 12.7 Å². The van der Waals surface area contributed by atoms with Crippen molar-refractivity contribution >= 4 is 17.9 Å². The summed E-state index contributed by atoms with van der Waals surface area (Å²) in [7, 11) is 2.96. The lowest BCUT2D eigenvalue weighted by molar-refractivity contribution is -0.126. The molecule has 1 aromatic rings. The summed E-state index contributed by atoms with van der Waals surface area (Å²) >= 11 is 0. The molecule has 0 atom stereocenters. The molecule has 3 rings (SSSR count). The largest absolute Gasteiger partial charge is 0.496 e. The van der Waals surface area contributed by atoms with Gasteiger partial charge in [-0.2, -0.15) is 0 Å². The first-order chi connectivity index (χ1) is 11.4. The van der Waals surface area contributed by atoms with Gasteiger partial charge in [0.2, 0.25) is 0 Å². The van der Waals surface area contributed by atoms with Crippen molar-refractivity contribution in [3.8, 4) is 5.75 Å². The average Bonchev–Trinajstić information content (AvgIpc) is 2.83. The van der Waals surface area contributed by atoms with Crippen LogP contribution in [-0.4, -0.2) is 65.6 Å². The van der Waals surface area contributed by atoms with Crippen LogP contribution in [0.4, 0.5) is 4.79 Å². The minimum Gasteiger partial charge on any atom is -0.496 e. The van der Waals surface area contributed by atoms with Gasteiger partial charge in [-0.25, -0.2) is 9.69 Å². The Morgan fingerprint density at radius 1 is 1.33 bits per heavy atom. The molecule has 9 nitrogen and oxygen atoms in total. The lowest BCUT2D eigenvalue weighted by Gasteiger charge is -2.40. The number of ether oxygens (including phenoxy) is 2. The smallest absolute Gasteiger partial charge is 0.417 e. The molecule has 0 unspecified atom stereocenters. The maximum absolute atomic E-state index is 12.5. The second-order valence-corrected chi connectivity index (χ2v) is 5.84. The predicted octanol–water partition coefficient (Wildman–Crippen LogP) is -0.555. The average molecular weight is 335 g/mol. The first-order valence-corrected chi connectivity index (χ1v) is 7.41. The molecule has 2 fully saturated rings. The zero-order chi connectivity index (χ0) is 17.4. The fourth-order valence-corrected chi connectivity index (χ4v) is 2.78. The quantitative estimate of drug-likeness (QED) is 0.732. The number of hydrogen-bond donors (Lipinski definition) is 0. The molecular weight excluding hydrogens is 318 g/mol. The van der Waals surface area contributed by atoms with E-state index in [-0.39, 0.29) is 42.2 Å². The van der Waals surface area contributed by atoms with Gasteiger partial charge in [-0.05, 0) is 0 Å². The predicted molar refractivity (Wildman–Crippen MR) is 80.7 cm³/mol. The summed E-state index contributed by atoms with van der Waals surface area (Å²) in [5.74, 6) is -0.370. The number of carbonyl (C=O) groups is 3. The van der Waals surface area contributed by atoms with E-state index in [1.807, 2.05) is 0 Å².